The van der Waals surface area contributed by atoms with Crippen molar-refractivity contribution in [3.8, 4) is 11.8 Å². The molecule has 0 saturated heterocycles. The molecule has 1 heterocycles. The summed E-state index contributed by atoms with van der Waals surface area (Å²) in [6.45, 7) is 1.98. The van der Waals surface area contributed by atoms with E-state index in [1.54, 1.807) is 0 Å². The van der Waals surface area contributed by atoms with Crippen LogP contribution in [0.2, 0.25) is 0 Å². The highest BCUT2D eigenvalue weighted by molar-refractivity contribution is 7.08. The van der Waals surface area contributed by atoms with Gasteiger partial charge in [0.25, 0.3) is 5.91 Å². The zero-order valence-corrected chi connectivity index (χ0v) is 12.0. The number of hydrogen-bond acceptors (Lipinski definition) is 3. The topological polar surface area (TPSA) is 49.3 Å². The van der Waals surface area contributed by atoms with Crippen molar-refractivity contribution in [2.75, 3.05) is 11.9 Å². The van der Waals surface area contributed by atoms with E-state index in [1.165, 1.54) is 11.3 Å². The molecule has 0 atom stereocenters. The lowest BCUT2D eigenvalue weighted by Gasteiger charge is -2.05. The van der Waals surface area contributed by atoms with Crippen molar-refractivity contribution >= 4 is 22.9 Å². The summed E-state index contributed by atoms with van der Waals surface area (Å²) in [7, 11) is 0. The van der Waals surface area contributed by atoms with Gasteiger partial charge in [-0.1, -0.05) is 17.9 Å². The van der Waals surface area contributed by atoms with Gasteiger partial charge in [-0.05, 0) is 36.1 Å². The summed E-state index contributed by atoms with van der Waals surface area (Å²) in [5, 5.41) is 15.4. The predicted molar refractivity (Wildman–Crippen MR) is 82.0 cm³/mol. The van der Waals surface area contributed by atoms with Crippen molar-refractivity contribution in [1.82, 2.24) is 0 Å². The van der Waals surface area contributed by atoms with Gasteiger partial charge in [0.2, 0.25) is 0 Å². The standard InChI is InChI=1S/C16H15NO2S/c1-12-10-20-11-15(12)16(19)17-14-7-4-6-13(9-14)5-2-3-8-18/h4,6-7,9-11,18H,3,8H2,1H3,(H,17,19). The molecular formula is C16H15NO2S. The first-order valence-electron chi connectivity index (χ1n) is 6.24. The van der Waals surface area contributed by atoms with E-state index in [1.807, 2.05) is 41.9 Å². The maximum atomic E-state index is 12.1. The SMILES string of the molecule is Cc1cscc1C(=O)Nc1cccc(C#CCCO)c1. The number of aliphatic hydroxyl groups excluding tert-OH is 1. The highest BCUT2D eigenvalue weighted by atomic mass is 32.1. The molecule has 0 spiro atoms. The van der Waals surface area contributed by atoms with Crippen LogP contribution >= 0.6 is 11.3 Å². The van der Waals surface area contributed by atoms with Gasteiger partial charge in [0.1, 0.15) is 0 Å². The first-order chi connectivity index (χ1) is 9.70. The minimum atomic E-state index is -0.107. The maximum absolute atomic E-state index is 12.1. The highest BCUT2D eigenvalue weighted by Gasteiger charge is 2.09. The largest absolute Gasteiger partial charge is 0.395 e. The smallest absolute Gasteiger partial charge is 0.256 e. The molecule has 0 aliphatic rings. The average Bonchev–Trinajstić information content (AvgIpc) is 2.86. The minimum absolute atomic E-state index is 0.0564. The lowest BCUT2D eigenvalue weighted by atomic mass is 10.1. The quantitative estimate of drug-likeness (QED) is 0.852. The number of thiophene rings is 1. The number of rotatable bonds is 3. The van der Waals surface area contributed by atoms with Crippen molar-refractivity contribution < 1.29 is 9.90 Å². The molecule has 2 aromatic rings. The van der Waals surface area contributed by atoms with Crippen LogP contribution in [0.5, 0.6) is 0 Å². The van der Waals surface area contributed by atoms with Crippen LogP contribution in [0.25, 0.3) is 0 Å². The number of hydrogen-bond donors (Lipinski definition) is 2. The molecule has 0 unspecified atom stereocenters. The first kappa shape index (κ1) is 14.3. The Kier molecular flexibility index (Phi) is 4.94. The van der Waals surface area contributed by atoms with E-state index in [9.17, 15) is 4.79 Å². The monoisotopic (exact) mass is 285 g/mol. The van der Waals surface area contributed by atoms with Gasteiger partial charge in [0.05, 0.1) is 12.2 Å². The summed E-state index contributed by atoms with van der Waals surface area (Å²) in [6.07, 6.45) is 0.449. The van der Waals surface area contributed by atoms with Crippen molar-refractivity contribution in [2.24, 2.45) is 0 Å². The first-order valence-corrected chi connectivity index (χ1v) is 7.19. The number of anilines is 1. The predicted octanol–water partition coefficient (Wildman–Crippen LogP) is 3.04. The van der Waals surface area contributed by atoms with Gasteiger partial charge in [-0.2, -0.15) is 11.3 Å². The molecule has 20 heavy (non-hydrogen) atoms. The van der Waals surface area contributed by atoms with E-state index in [0.717, 1.165) is 16.8 Å². The van der Waals surface area contributed by atoms with Crippen LogP contribution in [0.1, 0.15) is 27.9 Å². The van der Waals surface area contributed by atoms with Gasteiger partial charge in [0, 0.05) is 23.1 Å². The third-order valence-electron chi connectivity index (χ3n) is 2.69. The third-order valence-corrected chi connectivity index (χ3v) is 3.55. The molecule has 102 valence electrons. The molecule has 2 rings (SSSR count). The van der Waals surface area contributed by atoms with E-state index >= 15 is 0 Å². The van der Waals surface area contributed by atoms with Gasteiger partial charge in [0.15, 0.2) is 0 Å². The van der Waals surface area contributed by atoms with E-state index in [2.05, 4.69) is 17.2 Å². The van der Waals surface area contributed by atoms with Gasteiger partial charge in [-0.3, -0.25) is 4.79 Å². The summed E-state index contributed by atoms with van der Waals surface area (Å²) in [5.41, 5.74) is 3.22. The molecule has 1 amide bonds. The molecule has 2 N–H and O–H groups in total. The van der Waals surface area contributed by atoms with Crippen LogP contribution in [-0.2, 0) is 0 Å². The van der Waals surface area contributed by atoms with Crippen molar-refractivity contribution in [2.45, 2.75) is 13.3 Å². The van der Waals surface area contributed by atoms with E-state index in [0.29, 0.717) is 12.0 Å². The Morgan fingerprint density at radius 3 is 2.95 bits per heavy atom. The Morgan fingerprint density at radius 2 is 2.25 bits per heavy atom. The molecule has 1 aromatic carbocycles. The highest BCUT2D eigenvalue weighted by Crippen LogP contribution is 2.17. The van der Waals surface area contributed by atoms with Crippen molar-refractivity contribution in [3.63, 3.8) is 0 Å². The van der Waals surface area contributed by atoms with Crippen LogP contribution in [0.3, 0.4) is 0 Å². The lowest BCUT2D eigenvalue weighted by Crippen LogP contribution is -2.12. The van der Waals surface area contributed by atoms with E-state index < -0.39 is 0 Å². The van der Waals surface area contributed by atoms with Crippen LogP contribution in [-0.4, -0.2) is 17.6 Å². The number of carbonyl (C=O) groups excluding carboxylic acids is 1. The van der Waals surface area contributed by atoms with Gasteiger partial charge < -0.3 is 10.4 Å². The van der Waals surface area contributed by atoms with Gasteiger partial charge >= 0.3 is 0 Å². The Balaban J connectivity index is 2.11. The fourth-order valence-electron chi connectivity index (χ4n) is 1.69. The number of amides is 1. The second-order valence-electron chi connectivity index (χ2n) is 4.28. The molecular weight excluding hydrogens is 270 g/mol. The Hall–Kier alpha value is -2.09. The summed E-state index contributed by atoms with van der Waals surface area (Å²) < 4.78 is 0. The van der Waals surface area contributed by atoms with Crippen molar-refractivity contribution in [3.05, 3.63) is 51.7 Å². The Morgan fingerprint density at radius 1 is 1.40 bits per heavy atom. The summed E-state index contributed by atoms with van der Waals surface area (Å²) in [6, 6.07) is 7.37. The molecule has 0 bridgehead atoms. The molecule has 0 aliphatic carbocycles. The summed E-state index contributed by atoms with van der Waals surface area (Å²) in [5.74, 6) is 5.70. The number of aliphatic hydroxyl groups is 1. The maximum Gasteiger partial charge on any atom is 0.256 e. The van der Waals surface area contributed by atoms with Crippen LogP contribution in [0.15, 0.2) is 35.0 Å². The minimum Gasteiger partial charge on any atom is -0.395 e. The normalized spacial score (nSPS) is 9.70. The van der Waals surface area contributed by atoms with E-state index in [-0.39, 0.29) is 12.5 Å². The molecule has 1 aromatic heterocycles. The number of carbonyl (C=O) groups is 1. The zero-order valence-electron chi connectivity index (χ0n) is 11.1. The molecule has 0 fully saturated rings. The molecule has 0 radical (unpaired) electrons. The number of nitrogens with one attached hydrogen (secondary N) is 1. The molecule has 0 aliphatic heterocycles. The van der Waals surface area contributed by atoms with Crippen LogP contribution in [0.4, 0.5) is 5.69 Å². The van der Waals surface area contributed by atoms with Crippen LogP contribution < -0.4 is 5.32 Å². The number of aryl methyl sites for hydroxylation is 1. The Bertz CT molecular complexity index is 664. The van der Waals surface area contributed by atoms with E-state index in [4.69, 9.17) is 5.11 Å². The second kappa shape index (κ2) is 6.90. The van der Waals surface area contributed by atoms with Crippen molar-refractivity contribution in [1.29, 1.82) is 0 Å². The molecule has 3 nitrogen and oxygen atoms in total. The Labute approximate surface area is 122 Å². The third kappa shape index (κ3) is 3.70. The lowest BCUT2D eigenvalue weighted by molar-refractivity contribution is 0.102. The fourth-order valence-corrected chi connectivity index (χ4v) is 2.51. The molecule has 0 saturated carbocycles. The van der Waals surface area contributed by atoms with Crippen LogP contribution in [0, 0.1) is 18.8 Å². The van der Waals surface area contributed by atoms with Gasteiger partial charge in [-0.15, -0.1) is 0 Å². The summed E-state index contributed by atoms with van der Waals surface area (Å²) in [4.78, 5) is 12.1. The fraction of sp³-hybridized carbons (Fsp3) is 0.188. The molecule has 4 heteroatoms. The van der Waals surface area contributed by atoms with Gasteiger partial charge in [-0.25, -0.2) is 0 Å². The average molecular weight is 285 g/mol. The number of benzene rings is 1. The second-order valence-corrected chi connectivity index (χ2v) is 5.02. The zero-order chi connectivity index (χ0) is 14.4. The summed E-state index contributed by atoms with van der Waals surface area (Å²) >= 11 is 1.51.